The lowest BCUT2D eigenvalue weighted by Gasteiger charge is -2.25. The molecule has 4 nitrogen and oxygen atoms in total. The van der Waals surface area contributed by atoms with Gasteiger partial charge in [-0.1, -0.05) is 12.1 Å². The monoisotopic (exact) mass is 294 g/mol. The molecule has 0 aliphatic carbocycles. The van der Waals surface area contributed by atoms with Crippen LogP contribution in [0.2, 0.25) is 0 Å². The number of carbonyl (C=O) groups excluding carboxylic acids is 1. The Bertz CT molecular complexity index is 453. The first-order chi connectivity index (χ1) is 9.70. The molecule has 0 fully saturated rings. The summed E-state index contributed by atoms with van der Waals surface area (Å²) < 4.78 is 5.34. The summed E-state index contributed by atoms with van der Waals surface area (Å²) in [5, 5.41) is 2.98. The SMILES string of the molecule is CCOCCN(C)CCC1Sc2ccccc2NC1=O. The fourth-order valence-corrected chi connectivity index (χ4v) is 3.20. The highest BCUT2D eigenvalue weighted by molar-refractivity contribution is 8.01. The third kappa shape index (κ3) is 4.23. The zero-order valence-electron chi connectivity index (χ0n) is 12.1. The van der Waals surface area contributed by atoms with E-state index >= 15 is 0 Å². The van der Waals surface area contributed by atoms with Gasteiger partial charge < -0.3 is 15.0 Å². The molecule has 1 N–H and O–H groups in total. The van der Waals surface area contributed by atoms with Crippen molar-refractivity contribution in [3.8, 4) is 0 Å². The van der Waals surface area contributed by atoms with Crippen molar-refractivity contribution in [3.05, 3.63) is 24.3 Å². The number of ether oxygens (including phenoxy) is 1. The number of fused-ring (bicyclic) bond motifs is 1. The van der Waals surface area contributed by atoms with Gasteiger partial charge in [0.1, 0.15) is 0 Å². The van der Waals surface area contributed by atoms with Gasteiger partial charge in [0.05, 0.1) is 17.5 Å². The Morgan fingerprint density at radius 3 is 2.95 bits per heavy atom. The van der Waals surface area contributed by atoms with Crippen molar-refractivity contribution in [1.82, 2.24) is 4.90 Å². The van der Waals surface area contributed by atoms with Crippen LogP contribution in [0.5, 0.6) is 0 Å². The molecule has 1 aromatic rings. The summed E-state index contributed by atoms with van der Waals surface area (Å²) in [6.07, 6.45) is 0.855. The molecule has 110 valence electrons. The minimum Gasteiger partial charge on any atom is -0.380 e. The number of rotatable bonds is 7. The predicted octanol–water partition coefficient (Wildman–Crippen LogP) is 2.46. The largest absolute Gasteiger partial charge is 0.380 e. The molecule has 0 bridgehead atoms. The maximum Gasteiger partial charge on any atom is 0.237 e. The van der Waals surface area contributed by atoms with Crippen molar-refractivity contribution in [2.45, 2.75) is 23.5 Å². The second-order valence-electron chi connectivity index (χ2n) is 4.88. The van der Waals surface area contributed by atoms with Gasteiger partial charge in [0.15, 0.2) is 0 Å². The van der Waals surface area contributed by atoms with E-state index in [0.717, 1.165) is 43.3 Å². The number of hydrogen-bond acceptors (Lipinski definition) is 4. The first kappa shape index (κ1) is 15.4. The van der Waals surface area contributed by atoms with Gasteiger partial charge in [-0.15, -0.1) is 11.8 Å². The highest BCUT2D eigenvalue weighted by atomic mass is 32.2. The van der Waals surface area contributed by atoms with Crippen LogP contribution in [-0.4, -0.2) is 49.4 Å². The molecule has 5 heteroatoms. The van der Waals surface area contributed by atoms with Gasteiger partial charge in [-0.3, -0.25) is 4.79 Å². The number of benzene rings is 1. The maximum absolute atomic E-state index is 12.1. The van der Waals surface area contributed by atoms with Crippen molar-refractivity contribution >= 4 is 23.4 Å². The normalized spacial score (nSPS) is 17.9. The van der Waals surface area contributed by atoms with Crippen LogP contribution in [0.3, 0.4) is 0 Å². The minimum absolute atomic E-state index is 0.000515. The smallest absolute Gasteiger partial charge is 0.237 e. The zero-order chi connectivity index (χ0) is 14.4. The van der Waals surface area contributed by atoms with E-state index in [9.17, 15) is 4.79 Å². The minimum atomic E-state index is -0.000515. The Morgan fingerprint density at radius 1 is 1.35 bits per heavy atom. The molecule has 1 aromatic carbocycles. The van der Waals surface area contributed by atoms with Crippen LogP contribution in [0.4, 0.5) is 5.69 Å². The molecular formula is C15H22N2O2S. The standard InChI is InChI=1S/C15H22N2O2S/c1-3-19-11-10-17(2)9-8-14-15(18)16-12-6-4-5-7-13(12)20-14/h4-7,14H,3,8-11H2,1-2H3,(H,16,18). The van der Waals surface area contributed by atoms with Crippen LogP contribution in [-0.2, 0) is 9.53 Å². The molecule has 0 spiro atoms. The number of para-hydroxylation sites is 1. The molecule has 1 unspecified atom stereocenters. The number of hydrogen-bond donors (Lipinski definition) is 1. The van der Waals surface area contributed by atoms with E-state index < -0.39 is 0 Å². The quantitative estimate of drug-likeness (QED) is 0.784. The Kier molecular flexibility index (Phi) is 5.88. The number of nitrogens with one attached hydrogen (secondary N) is 1. The van der Waals surface area contributed by atoms with Crippen molar-refractivity contribution < 1.29 is 9.53 Å². The Hall–Kier alpha value is -1.04. The lowest BCUT2D eigenvalue weighted by Crippen LogP contribution is -2.33. The average molecular weight is 294 g/mol. The Morgan fingerprint density at radius 2 is 2.15 bits per heavy atom. The highest BCUT2D eigenvalue weighted by Crippen LogP contribution is 2.36. The van der Waals surface area contributed by atoms with Crippen LogP contribution in [0.25, 0.3) is 0 Å². The maximum atomic E-state index is 12.1. The highest BCUT2D eigenvalue weighted by Gasteiger charge is 2.26. The van der Waals surface area contributed by atoms with E-state index in [2.05, 4.69) is 23.3 Å². The van der Waals surface area contributed by atoms with Crippen molar-refractivity contribution in [2.75, 3.05) is 38.7 Å². The van der Waals surface area contributed by atoms with Gasteiger partial charge in [-0.2, -0.15) is 0 Å². The summed E-state index contributed by atoms with van der Waals surface area (Å²) in [7, 11) is 2.07. The predicted molar refractivity (Wildman–Crippen MR) is 83.3 cm³/mol. The van der Waals surface area contributed by atoms with Gasteiger partial charge >= 0.3 is 0 Å². The first-order valence-corrected chi connectivity index (χ1v) is 7.91. The van der Waals surface area contributed by atoms with Crippen LogP contribution >= 0.6 is 11.8 Å². The van der Waals surface area contributed by atoms with Crippen molar-refractivity contribution in [2.24, 2.45) is 0 Å². The number of nitrogens with zero attached hydrogens (tertiary/aromatic N) is 1. The number of likely N-dealkylation sites (N-methyl/N-ethyl adjacent to an activating group) is 1. The van der Waals surface area contributed by atoms with E-state index in [1.165, 1.54) is 0 Å². The molecule has 0 saturated carbocycles. The summed E-state index contributed by atoms with van der Waals surface area (Å²) >= 11 is 1.67. The van der Waals surface area contributed by atoms with Crippen molar-refractivity contribution in [3.63, 3.8) is 0 Å². The van der Waals surface area contributed by atoms with Gasteiger partial charge in [0, 0.05) is 18.0 Å². The third-order valence-corrected chi connectivity index (χ3v) is 4.65. The number of amides is 1. The fourth-order valence-electron chi connectivity index (χ4n) is 2.10. The topological polar surface area (TPSA) is 41.6 Å². The van der Waals surface area contributed by atoms with Crippen LogP contribution in [0, 0.1) is 0 Å². The summed E-state index contributed by atoms with van der Waals surface area (Å²) in [6.45, 7) is 5.32. The molecule has 0 saturated heterocycles. The number of thioether (sulfide) groups is 1. The van der Waals surface area contributed by atoms with Gasteiger partial charge in [-0.25, -0.2) is 0 Å². The third-order valence-electron chi connectivity index (χ3n) is 3.30. The second kappa shape index (κ2) is 7.67. The molecular weight excluding hydrogens is 272 g/mol. The van der Waals surface area contributed by atoms with E-state index in [0.29, 0.717) is 0 Å². The van der Waals surface area contributed by atoms with E-state index in [-0.39, 0.29) is 11.2 Å². The number of anilines is 1. The van der Waals surface area contributed by atoms with Gasteiger partial charge in [0.25, 0.3) is 0 Å². The summed E-state index contributed by atoms with van der Waals surface area (Å²) in [5.41, 5.74) is 0.934. The summed E-state index contributed by atoms with van der Waals surface area (Å²) in [4.78, 5) is 15.4. The first-order valence-electron chi connectivity index (χ1n) is 7.03. The zero-order valence-corrected chi connectivity index (χ0v) is 12.9. The molecule has 2 rings (SSSR count). The molecule has 1 heterocycles. The number of carbonyl (C=O) groups is 1. The van der Waals surface area contributed by atoms with E-state index in [1.54, 1.807) is 11.8 Å². The molecule has 0 radical (unpaired) electrons. The van der Waals surface area contributed by atoms with E-state index in [1.807, 2.05) is 25.1 Å². The molecule has 1 aliphatic heterocycles. The summed E-state index contributed by atoms with van der Waals surface area (Å²) in [5.74, 6) is 0.118. The molecule has 1 amide bonds. The fraction of sp³-hybridized carbons (Fsp3) is 0.533. The average Bonchev–Trinajstić information content (AvgIpc) is 2.45. The molecule has 20 heavy (non-hydrogen) atoms. The summed E-state index contributed by atoms with van der Waals surface area (Å²) in [6, 6.07) is 7.96. The lowest BCUT2D eigenvalue weighted by atomic mass is 10.2. The van der Waals surface area contributed by atoms with Crippen LogP contribution in [0.1, 0.15) is 13.3 Å². The van der Waals surface area contributed by atoms with E-state index in [4.69, 9.17) is 4.74 Å². The second-order valence-corrected chi connectivity index (χ2v) is 6.13. The Labute approximate surface area is 124 Å². The molecule has 0 aromatic heterocycles. The molecule has 1 atom stereocenters. The van der Waals surface area contributed by atoms with Crippen molar-refractivity contribution in [1.29, 1.82) is 0 Å². The van der Waals surface area contributed by atoms with Crippen LogP contribution < -0.4 is 5.32 Å². The van der Waals surface area contributed by atoms with Crippen LogP contribution in [0.15, 0.2) is 29.2 Å². The van der Waals surface area contributed by atoms with Gasteiger partial charge in [-0.05, 0) is 39.1 Å². The van der Waals surface area contributed by atoms with Gasteiger partial charge in [0.2, 0.25) is 5.91 Å². The Balaban J connectivity index is 1.81. The lowest BCUT2D eigenvalue weighted by molar-refractivity contribution is -0.116. The molecule has 1 aliphatic rings.